The minimum Gasteiger partial charge on any atom is -0.465 e. The van der Waals surface area contributed by atoms with E-state index in [4.69, 9.17) is 4.74 Å². The highest BCUT2D eigenvalue weighted by Gasteiger charge is 2.30. The van der Waals surface area contributed by atoms with E-state index in [1.165, 1.54) is 29.7 Å². The van der Waals surface area contributed by atoms with Crippen molar-refractivity contribution in [1.29, 1.82) is 0 Å². The van der Waals surface area contributed by atoms with Crippen LogP contribution in [0, 0.1) is 0 Å². The summed E-state index contributed by atoms with van der Waals surface area (Å²) < 4.78 is 4.79. The number of nitrogens with one attached hydrogen (secondary N) is 1. The Labute approximate surface area is 181 Å². The molecule has 0 aromatic heterocycles. The van der Waals surface area contributed by atoms with Crippen molar-refractivity contribution in [2.75, 3.05) is 13.7 Å². The van der Waals surface area contributed by atoms with E-state index >= 15 is 0 Å². The van der Waals surface area contributed by atoms with Gasteiger partial charge in [-0.2, -0.15) is 5.10 Å². The number of hydrazone groups is 1. The number of ether oxygens (including phenoxy) is 1. The molecular weight excluding hydrogens is 390 g/mol. The lowest BCUT2D eigenvalue weighted by molar-refractivity contribution is -0.125. The fourth-order valence-corrected chi connectivity index (χ4v) is 4.11. The van der Waals surface area contributed by atoms with Crippen LogP contribution >= 0.6 is 0 Å². The first-order chi connectivity index (χ1) is 15.2. The summed E-state index contributed by atoms with van der Waals surface area (Å²) in [7, 11) is 1.34. The lowest BCUT2D eigenvalue weighted by Crippen LogP contribution is -2.41. The molecule has 1 atom stereocenters. The van der Waals surface area contributed by atoms with Crippen molar-refractivity contribution in [3.8, 4) is 0 Å². The van der Waals surface area contributed by atoms with Crippen molar-refractivity contribution in [2.24, 2.45) is 5.10 Å². The Hall–Kier alpha value is -3.51. The number of nitrogens with zero attached hydrogens (tertiary/aromatic N) is 2. The Balaban J connectivity index is 1.44. The maximum Gasteiger partial charge on any atom is 0.338 e. The summed E-state index contributed by atoms with van der Waals surface area (Å²) in [5.41, 5.74) is 4.86. The maximum absolute atomic E-state index is 12.8. The lowest BCUT2D eigenvalue weighted by Gasteiger charge is -2.23. The molecule has 1 heterocycles. The van der Waals surface area contributed by atoms with Gasteiger partial charge in [0.1, 0.15) is 0 Å². The van der Waals surface area contributed by atoms with E-state index in [1.807, 2.05) is 12.1 Å². The highest BCUT2D eigenvalue weighted by atomic mass is 16.5. The van der Waals surface area contributed by atoms with E-state index < -0.39 is 5.97 Å². The van der Waals surface area contributed by atoms with Crippen LogP contribution in [0.4, 0.5) is 0 Å². The second-order valence-corrected chi connectivity index (χ2v) is 7.58. The molecular formula is C25H25N3O3. The summed E-state index contributed by atoms with van der Waals surface area (Å²) in [6.45, 7) is 1.59. The summed E-state index contributed by atoms with van der Waals surface area (Å²) in [6.07, 6.45) is 3.25. The quantitative estimate of drug-likeness (QED) is 0.378. The van der Waals surface area contributed by atoms with Crippen LogP contribution in [0.2, 0.25) is 0 Å². The van der Waals surface area contributed by atoms with Crippen LogP contribution in [0.25, 0.3) is 10.8 Å². The molecule has 1 saturated heterocycles. The van der Waals surface area contributed by atoms with E-state index in [-0.39, 0.29) is 11.9 Å². The number of benzene rings is 3. The molecule has 1 N–H and O–H groups in total. The Morgan fingerprint density at radius 1 is 1.10 bits per heavy atom. The first-order valence-electron chi connectivity index (χ1n) is 10.4. The lowest BCUT2D eigenvalue weighted by atomic mass is 10.0. The first-order valence-corrected chi connectivity index (χ1v) is 10.4. The van der Waals surface area contributed by atoms with Gasteiger partial charge in [-0.15, -0.1) is 0 Å². The van der Waals surface area contributed by atoms with E-state index in [2.05, 4.69) is 45.8 Å². The standard InChI is InChI=1S/C25H25N3O3/c1-31-25(30)22-13-5-3-9-19(22)16-26-27-24(29)23-14-7-15-28(23)17-20-11-6-10-18-8-2-4-12-21(18)20/h2-6,8-13,16,23H,7,14-15,17H2,1H3,(H,27,29)/b26-16+/t23-/m0/s1. The molecule has 0 radical (unpaired) electrons. The van der Waals surface area contributed by atoms with Crippen molar-refractivity contribution >= 4 is 28.9 Å². The number of hydrogen-bond acceptors (Lipinski definition) is 5. The molecule has 0 unspecified atom stereocenters. The predicted molar refractivity (Wildman–Crippen MR) is 121 cm³/mol. The third kappa shape index (κ3) is 4.64. The highest BCUT2D eigenvalue weighted by Crippen LogP contribution is 2.25. The molecule has 6 heteroatoms. The van der Waals surface area contributed by atoms with Crippen molar-refractivity contribution in [3.63, 3.8) is 0 Å². The summed E-state index contributed by atoms with van der Waals surface area (Å²) in [6, 6.07) is 21.3. The zero-order valence-corrected chi connectivity index (χ0v) is 17.5. The van der Waals surface area contributed by atoms with Crippen molar-refractivity contribution in [3.05, 3.63) is 83.4 Å². The number of amides is 1. The van der Waals surface area contributed by atoms with Gasteiger partial charge in [-0.1, -0.05) is 60.7 Å². The van der Waals surface area contributed by atoms with Crippen LogP contribution in [0.1, 0.15) is 34.3 Å². The Morgan fingerprint density at radius 2 is 1.87 bits per heavy atom. The first kappa shape index (κ1) is 20.8. The van der Waals surface area contributed by atoms with E-state index in [1.54, 1.807) is 24.3 Å². The van der Waals surface area contributed by atoms with Gasteiger partial charge in [0, 0.05) is 12.1 Å². The van der Waals surface area contributed by atoms with Crippen LogP contribution in [-0.2, 0) is 16.1 Å². The zero-order valence-electron chi connectivity index (χ0n) is 17.5. The Kier molecular flexibility index (Phi) is 6.38. The third-order valence-corrected chi connectivity index (χ3v) is 5.66. The number of methoxy groups -OCH3 is 1. The fraction of sp³-hybridized carbons (Fsp3) is 0.240. The Bertz CT molecular complexity index is 1120. The van der Waals surface area contributed by atoms with Gasteiger partial charge in [-0.25, -0.2) is 10.2 Å². The van der Waals surface area contributed by atoms with E-state index in [0.717, 1.165) is 19.4 Å². The monoisotopic (exact) mass is 415 g/mol. The third-order valence-electron chi connectivity index (χ3n) is 5.66. The summed E-state index contributed by atoms with van der Waals surface area (Å²) in [5, 5.41) is 6.51. The zero-order chi connectivity index (χ0) is 21.6. The van der Waals surface area contributed by atoms with Crippen molar-refractivity contribution in [2.45, 2.75) is 25.4 Å². The molecule has 0 bridgehead atoms. The topological polar surface area (TPSA) is 71.0 Å². The number of hydrogen-bond donors (Lipinski definition) is 1. The number of rotatable bonds is 6. The summed E-state index contributed by atoms with van der Waals surface area (Å²) in [5.74, 6) is -0.574. The van der Waals surface area contributed by atoms with E-state index in [0.29, 0.717) is 17.7 Å². The minimum absolute atomic E-state index is 0.135. The van der Waals surface area contributed by atoms with Gasteiger partial charge in [0.25, 0.3) is 5.91 Å². The van der Waals surface area contributed by atoms with Crippen molar-refractivity contribution < 1.29 is 14.3 Å². The molecule has 1 aliphatic rings. The van der Waals surface area contributed by atoms with Crippen LogP contribution in [0.5, 0.6) is 0 Å². The predicted octanol–water partition coefficient (Wildman–Crippen LogP) is 3.74. The molecule has 0 spiro atoms. The highest BCUT2D eigenvalue weighted by molar-refractivity contribution is 5.99. The molecule has 0 aliphatic carbocycles. The average Bonchev–Trinajstić information content (AvgIpc) is 3.27. The van der Waals surface area contributed by atoms with Gasteiger partial charge in [0.2, 0.25) is 0 Å². The Morgan fingerprint density at radius 3 is 2.74 bits per heavy atom. The molecule has 1 fully saturated rings. The second kappa shape index (κ2) is 9.53. The van der Waals surface area contributed by atoms with Gasteiger partial charge in [0.05, 0.1) is 24.9 Å². The van der Waals surface area contributed by atoms with Gasteiger partial charge in [-0.3, -0.25) is 9.69 Å². The molecule has 158 valence electrons. The molecule has 3 aromatic carbocycles. The van der Waals surface area contributed by atoms with Gasteiger partial charge in [0.15, 0.2) is 0 Å². The molecule has 0 saturated carbocycles. The summed E-state index contributed by atoms with van der Waals surface area (Å²) >= 11 is 0. The molecule has 4 rings (SSSR count). The number of carbonyl (C=O) groups is 2. The van der Waals surface area contributed by atoms with Crippen LogP contribution in [0.15, 0.2) is 71.8 Å². The molecule has 31 heavy (non-hydrogen) atoms. The number of fused-ring (bicyclic) bond motifs is 1. The smallest absolute Gasteiger partial charge is 0.338 e. The largest absolute Gasteiger partial charge is 0.465 e. The minimum atomic E-state index is -0.439. The summed E-state index contributed by atoms with van der Waals surface area (Å²) in [4.78, 5) is 26.9. The fourth-order valence-electron chi connectivity index (χ4n) is 4.11. The SMILES string of the molecule is COC(=O)c1ccccc1/C=N/NC(=O)[C@@H]1CCCN1Cc1cccc2ccccc12. The maximum atomic E-state index is 12.8. The van der Waals surface area contributed by atoms with Gasteiger partial charge >= 0.3 is 5.97 Å². The van der Waals surface area contributed by atoms with Crippen LogP contribution in [-0.4, -0.2) is 42.7 Å². The molecule has 1 amide bonds. The molecule has 6 nitrogen and oxygen atoms in total. The second-order valence-electron chi connectivity index (χ2n) is 7.58. The van der Waals surface area contributed by atoms with Crippen LogP contribution in [0.3, 0.4) is 0 Å². The number of esters is 1. The van der Waals surface area contributed by atoms with Gasteiger partial charge < -0.3 is 4.74 Å². The average molecular weight is 415 g/mol. The normalized spacial score (nSPS) is 16.6. The van der Waals surface area contributed by atoms with E-state index in [9.17, 15) is 9.59 Å². The van der Waals surface area contributed by atoms with Gasteiger partial charge in [-0.05, 0) is 41.8 Å². The van der Waals surface area contributed by atoms with Crippen LogP contribution < -0.4 is 5.43 Å². The van der Waals surface area contributed by atoms with Crippen molar-refractivity contribution in [1.82, 2.24) is 10.3 Å². The molecule has 3 aromatic rings. The number of likely N-dealkylation sites (tertiary alicyclic amines) is 1. The number of carbonyl (C=O) groups excluding carboxylic acids is 2. The molecule has 1 aliphatic heterocycles.